The van der Waals surface area contributed by atoms with Crippen molar-refractivity contribution in [2.24, 2.45) is 0 Å². The number of amides is 1. The quantitative estimate of drug-likeness (QED) is 0.175. The van der Waals surface area contributed by atoms with Crippen LogP contribution in [-0.4, -0.2) is 32.5 Å². The normalized spacial score (nSPS) is 12.8. The third-order valence-corrected chi connectivity index (χ3v) is 8.82. The molecule has 4 heterocycles. The summed E-state index contributed by atoms with van der Waals surface area (Å²) in [5, 5.41) is 20.8. The average Bonchev–Trinajstić information content (AvgIpc) is 3.59. The van der Waals surface area contributed by atoms with Gasteiger partial charge >= 0.3 is 0 Å². The lowest BCUT2D eigenvalue weighted by Crippen LogP contribution is -2.41. The highest BCUT2D eigenvalue weighted by molar-refractivity contribution is 8.01. The molecular weight excluding hydrogens is 542 g/mol. The molecule has 4 aromatic heterocycles. The van der Waals surface area contributed by atoms with Gasteiger partial charge in [0.15, 0.2) is 16.6 Å². The summed E-state index contributed by atoms with van der Waals surface area (Å²) < 4.78 is 17.2. The number of halogens is 1. The van der Waals surface area contributed by atoms with Crippen molar-refractivity contribution in [1.82, 2.24) is 20.3 Å². The van der Waals surface area contributed by atoms with Gasteiger partial charge in [0.05, 0.1) is 21.8 Å². The second-order valence-electron chi connectivity index (χ2n) is 8.51. The molecule has 0 unspecified atom stereocenters. The summed E-state index contributed by atoms with van der Waals surface area (Å²) in [4.78, 5) is 25.9. The molecule has 0 radical (unpaired) electrons. The van der Waals surface area contributed by atoms with E-state index in [1.165, 1.54) is 23.6 Å². The van der Waals surface area contributed by atoms with E-state index in [4.69, 9.17) is 0 Å². The van der Waals surface area contributed by atoms with Crippen molar-refractivity contribution in [3.8, 4) is 0 Å². The van der Waals surface area contributed by atoms with Crippen molar-refractivity contribution in [1.29, 1.82) is 0 Å². The van der Waals surface area contributed by atoms with E-state index in [1.54, 1.807) is 23.7 Å². The zero-order chi connectivity index (χ0) is 26.5. The Bertz CT molecular complexity index is 1560. The van der Waals surface area contributed by atoms with E-state index in [-0.39, 0.29) is 17.1 Å². The molecular formula is C27H24FN5O2S3. The van der Waals surface area contributed by atoms with Gasteiger partial charge in [0.25, 0.3) is 5.91 Å². The molecule has 0 spiro atoms. The second kappa shape index (κ2) is 11.6. The third-order valence-electron chi connectivity index (χ3n) is 5.89. The number of pyridine rings is 2. The predicted octanol–water partition coefficient (Wildman–Crippen LogP) is 6.60. The molecule has 0 aliphatic rings. The number of thiazole rings is 1. The van der Waals surface area contributed by atoms with Crippen LogP contribution in [0.25, 0.3) is 10.1 Å². The van der Waals surface area contributed by atoms with Gasteiger partial charge in [-0.2, -0.15) is 0 Å². The van der Waals surface area contributed by atoms with Gasteiger partial charge in [-0.3, -0.25) is 4.79 Å². The highest BCUT2D eigenvalue weighted by atomic mass is 32.2. The lowest BCUT2D eigenvalue weighted by Gasteiger charge is -2.28. The smallest absolute Gasteiger partial charge is 0.273 e. The van der Waals surface area contributed by atoms with E-state index in [1.807, 2.05) is 54.8 Å². The van der Waals surface area contributed by atoms with Crippen LogP contribution in [0.3, 0.4) is 0 Å². The Kier molecular flexibility index (Phi) is 7.98. The van der Waals surface area contributed by atoms with Gasteiger partial charge in [0.2, 0.25) is 0 Å². The summed E-state index contributed by atoms with van der Waals surface area (Å²) in [6, 6.07) is 14.6. The Morgan fingerprint density at radius 2 is 1.92 bits per heavy atom. The molecule has 1 amide bonds. The van der Waals surface area contributed by atoms with Gasteiger partial charge in [0, 0.05) is 22.5 Å². The van der Waals surface area contributed by atoms with Gasteiger partial charge < -0.3 is 15.7 Å². The number of rotatable bonds is 10. The van der Waals surface area contributed by atoms with Crippen molar-refractivity contribution in [2.75, 3.05) is 11.9 Å². The van der Waals surface area contributed by atoms with E-state index in [9.17, 15) is 9.90 Å². The first-order valence-corrected chi connectivity index (χ1v) is 14.4. The monoisotopic (exact) mass is 565 g/mol. The Morgan fingerprint density at radius 3 is 2.74 bits per heavy atom. The number of fused-ring (bicyclic) bond motifs is 1. The lowest BCUT2D eigenvalue weighted by molar-refractivity contribution is 0.0260. The molecule has 0 saturated heterocycles. The topological polar surface area (TPSA) is 100 Å². The number of carbonyl (C=O) groups excluding carboxylic acids is 1. The molecule has 0 fully saturated rings. The number of aliphatic hydroxyl groups is 1. The summed E-state index contributed by atoms with van der Waals surface area (Å²) in [5.41, 5.74) is -0.888. The van der Waals surface area contributed by atoms with Crippen LogP contribution in [0.15, 0.2) is 81.6 Å². The van der Waals surface area contributed by atoms with Crippen LogP contribution in [0.5, 0.6) is 0 Å². The maximum atomic E-state index is 15.3. The molecule has 3 N–H and O–H groups in total. The molecule has 0 aliphatic carbocycles. The van der Waals surface area contributed by atoms with Gasteiger partial charge in [-0.05, 0) is 35.6 Å². The van der Waals surface area contributed by atoms with Crippen LogP contribution in [0.1, 0.15) is 35.8 Å². The van der Waals surface area contributed by atoms with Gasteiger partial charge in [-0.15, -0.1) is 11.3 Å². The number of hydrogen-bond donors (Lipinski definition) is 3. The molecule has 5 rings (SSSR count). The number of nitrogens with zero attached hydrogens (tertiary/aromatic N) is 3. The first-order valence-electron chi connectivity index (χ1n) is 11.9. The average molecular weight is 566 g/mol. The number of thiophene rings is 1. The highest BCUT2D eigenvalue weighted by Crippen LogP contribution is 2.37. The van der Waals surface area contributed by atoms with Gasteiger partial charge in [-0.25, -0.2) is 19.3 Å². The molecule has 1 aromatic carbocycles. The largest absolute Gasteiger partial charge is 0.383 e. The van der Waals surface area contributed by atoms with Crippen LogP contribution in [-0.2, 0) is 5.60 Å². The summed E-state index contributed by atoms with van der Waals surface area (Å²) >= 11 is 4.16. The Balaban J connectivity index is 1.28. The summed E-state index contributed by atoms with van der Waals surface area (Å²) in [5.74, 6) is -0.694. The van der Waals surface area contributed by atoms with E-state index in [0.29, 0.717) is 29.4 Å². The number of benzene rings is 1. The molecule has 7 nitrogen and oxygen atoms in total. The Morgan fingerprint density at radius 1 is 1.11 bits per heavy atom. The molecule has 1 atom stereocenters. The first kappa shape index (κ1) is 26.2. The number of nitrogens with one attached hydrogen (secondary N) is 2. The summed E-state index contributed by atoms with van der Waals surface area (Å²) in [6.45, 7) is 1.90. The van der Waals surface area contributed by atoms with Crippen LogP contribution < -0.4 is 10.6 Å². The van der Waals surface area contributed by atoms with Crippen molar-refractivity contribution >= 4 is 61.4 Å². The van der Waals surface area contributed by atoms with E-state index in [0.717, 1.165) is 26.1 Å². The van der Waals surface area contributed by atoms with Crippen molar-refractivity contribution < 1.29 is 14.3 Å². The van der Waals surface area contributed by atoms with Crippen molar-refractivity contribution in [3.63, 3.8) is 0 Å². The van der Waals surface area contributed by atoms with Crippen LogP contribution >= 0.6 is 34.4 Å². The predicted molar refractivity (Wildman–Crippen MR) is 151 cm³/mol. The van der Waals surface area contributed by atoms with Gasteiger partial charge in [0.1, 0.15) is 11.4 Å². The molecule has 11 heteroatoms. The molecule has 0 aliphatic heterocycles. The summed E-state index contributed by atoms with van der Waals surface area (Å²) in [7, 11) is 0. The van der Waals surface area contributed by atoms with E-state index in [2.05, 4.69) is 25.6 Å². The molecule has 0 bridgehead atoms. The maximum absolute atomic E-state index is 15.3. The van der Waals surface area contributed by atoms with Gasteiger partial charge in [-0.1, -0.05) is 66.8 Å². The van der Waals surface area contributed by atoms with Crippen LogP contribution in [0.2, 0.25) is 0 Å². The fraction of sp³-hybridized carbons (Fsp3) is 0.185. The van der Waals surface area contributed by atoms with Crippen LogP contribution in [0.4, 0.5) is 15.3 Å². The van der Waals surface area contributed by atoms with E-state index < -0.39 is 17.3 Å². The SMILES string of the molecule is CCC[C@@](O)(CNC(=O)c1nccc(Sc2cnc(Nc3nccc4sccc34)s2)c1F)c1ccccc1. The minimum Gasteiger partial charge on any atom is -0.383 e. The fourth-order valence-electron chi connectivity index (χ4n) is 4.04. The second-order valence-corrected chi connectivity index (χ2v) is 11.8. The minimum absolute atomic E-state index is 0.0586. The molecule has 38 heavy (non-hydrogen) atoms. The highest BCUT2D eigenvalue weighted by Gasteiger charge is 2.30. The standard InChI is InChI=1S/C27H24FN5O2S3/c1-2-11-27(35,17-6-4-3-5-7-17)16-32-25(34)23-22(28)20(9-12-29-23)37-21-15-31-26(38-21)33-24-18-10-14-36-19(18)8-13-30-24/h3-10,12-15,35H,2,11,16H2,1H3,(H,32,34)(H,30,31,33)/t27-/m1/s1. The maximum Gasteiger partial charge on any atom is 0.273 e. The number of aromatic nitrogens is 3. The molecule has 0 saturated carbocycles. The third kappa shape index (κ3) is 5.70. The zero-order valence-corrected chi connectivity index (χ0v) is 22.8. The number of anilines is 2. The molecule has 194 valence electrons. The number of carbonyl (C=O) groups is 1. The van der Waals surface area contributed by atoms with Crippen molar-refractivity contribution in [2.45, 2.75) is 34.5 Å². The van der Waals surface area contributed by atoms with Crippen LogP contribution in [0, 0.1) is 5.82 Å². The lowest BCUT2D eigenvalue weighted by atomic mass is 9.89. The Labute approximate surface area is 231 Å². The molecule has 5 aromatic rings. The number of hydrogen-bond acceptors (Lipinski definition) is 9. The first-order chi connectivity index (χ1) is 18.5. The zero-order valence-electron chi connectivity index (χ0n) is 20.3. The van der Waals surface area contributed by atoms with Crippen molar-refractivity contribution in [3.05, 3.63) is 89.6 Å². The minimum atomic E-state index is -1.26. The van der Waals surface area contributed by atoms with E-state index >= 15 is 4.39 Å². The summed E-state index contributed by atoms with van der Waals surface area (Å²) in [6.07, 6.45) is 5.95. The Hall–Kier alpha value is -3.38. The fourth-order valence-corrected chi connectivity index (χ4v) is 6.68.